The van der Waals surface area contributed by atoms with E-state index in [0.29, 0.717) is 22.9 Å². The van der Waals surface area contributed by atoms with Gasteiger partial charge in [-0.1, -0.05) is 17.0 Å². The fourth-order valence-electron chi connectivity index (χ4n) is 4.34. The first-order valence-electron chi connectivity index (χ1n) is 22.1. The summed E-state index contributed by atoms with van der Waals surface area (Å²) >= 11 is 2.11. The van der Waals surface area contributed by atoms with Gasteiger partial charge in [-0.2, -0.15) is 19.8 Å². The van der Waals surface area contributed by atoms with E-state index in [1.165, 1.54) is 35.5 Å². The molecule has 14 N–H and O–H groups in total. The molecule has 428 valence electrons. The van der Waals surface area contributed by atoms with Crippen molar-refractivity contribution in [1.82, 2.24) is 107 Å². The first kappa shape index (κ1) is 66.9. The number of carbonyl (C=O) groups excluding carboxylic acids is 8. The second-order valence-corrected chi connectivity index (χ2v) is 17.2. The third kappa shape index (κ3) is 30.7. The third-order valence-electron chi connectivity index (χ3n) is 8.16. The number of aromatic amines is 9. The Morgan fingerprint density at radius 2 is 1.43 bits per heavy atom. The van der Waals surface area contributed by atoms with Crippen LogP contribution in [0.25, 0.3) is 0 Å². The van der Waals surface area contributed by atoms with Crippen LogP contribution in [0.3, 0.4) is 0 Å². The Labute approximate surface area is 451 Å². The van der Waals surface area contributed by atoms with Crippen molar-refractivity contribution in [2.24, 2.45) is 0 Å². The lowest BCUT2D eigenvalue weighted by Crippen LogP contribution is -2.24. The van der Waals surface area contributed by atoms with E-state index < -0.39 is 6.03 Å². The molecule has 79 heavy (non-hydrogen) atoms. The summed E-state index contributed by atoms with van der Waals surface area (Å²) in [7, 11) is 1.57. The molecule has 4 aliphatic rings. The molecule has 0 saturated carbocycles. The van der Waals surface area contributed by atoms with Crippen molar-refractivity contribution in [1.29, 1.82) is 0 Å². The molecule has 36 nitrogen and oxygen atoms in total. The molecule has 3 fully saturated rings. The summed E-state index contributed by atoms with van der Waals surface area (Å²) in [6.45, 7) is 17.5. The summed E-state index contributed by atoms with van der Waals surface area (Å²) in [5.74, 6) is 0.894. The molecule has 3 saturated heterocycles. The van der Waals surface area contributed by atoms with Crippen molar-refractivity contribution in [3.63, 3.8) is 0 Å². The van der Waals surface area contributed by atoms with E-state index in [0.717, 1.165) is 46.4 Å². The molecular weight excluding hydrogens is 1090 g/mol. The predicted molar refractivity (Wildman–Crippen MR) is 278 cm³/mol. The summed E-state index contributed by atoms with van der Waals surface area (Å²) in [5.41, 5.74) is 2.72. The molecule has 11 heterocycles. The number of H-pyrrole nitrogens is 9. The van der Waals surface area contributed by atoms with Crippen molar-refractivity contribution in [3.8, 4) is 0 Å². The first-order valence-corrected chi connectivity index (χ1v) is 23.7. The number of nitrogens with zero attached hydrogens (tertiary/aromatic N) is 7. The summed E-state index contributed by atoms with van der Waals surface area (Å²) in [6.07, 6.45) is 4.39. The van der Waals surface area contributed by atoms with Crippen molar-refractivity contribution < 1.29 is 47.4 Å². The average Bonchev–Trinajstić information content (AvgIpc) is 4.22. The number of thioether (sulfide) groups is 1. The number of rotatable bonds is 0. The normalized spacial score (nSPS) is 14.9. The number of carbonyl (C=O) groups is 8. The maximum absolute atomic E-state index is 10.4. The number of likely N-dealkylation sites (N-methyl/N-ethyl adjacent to an activating group) is 1. The number of aryl methyl sites for hydroxylation is 7. The largest absolute Gasteiger partial charge is 0.384 e. The van der Waals surface area contributed by atoms with Crippen LogP contribution in [-0.2, 0) is 24.0 Å². The van der Waals surface area contributed by atoms with Gasteiger partial charge in [0.1, 0.15) is 36.2 Å². The highest BCUT2D eigenvalue weighted by Crippen LogP contribution is 2.16. The summed E-state index contributed by atoms with van der Waals surface area (Å²) in [5, 5.41) is 38.9. The Kier molecular flexibility index (Phi) is 29.8. The predicted octanol–water partition coefficient (Wildman–Crippen LogP) is -1.33. The van der Waals surface area contributed by atoms with Crippen LogP contribution in [0.4, 0.5) is 14.4 Å². The monoisotopic (exact) mass is 1150 g/mol. The standard InChI is InChI=1S/C5H5NO2.2C4H6N2O2.2C4H6N2O.C4H5NO2S.2C4H5NO2.C3H5N3.C3H4N2OS.C2H4N4/c1-3-2-4(7)6-5(3)8;1-6-2-3(7)5-4(6)8;1-2-3(7)6-4(8)5-2;1-3-2-5-4(7)6-3;1-3-2-4(7)6-5-3;1-2-3(6)5-4(7)8-2;1-3-2-4(6)5-7-3;1-3-2-4(6)7-5-3;1-3-4-2-5-6-3;1-2-3(6)5-7-4-2;1-2-3-5-6-4-2/h2H,1H3,(H,6,7,8);2H2,1H3,(H,5,7,8);2H,1H3,(H2,5,6,7,8);2*2H,1H3,(H2,5,6,7);2H,1H3,(H,5,6,7);2H,1H3,(H,5,6);2,5H,1H3;2H,1H3,(H,4,5,6);1H3,(H,5,6);1H3,(H,3,4,5,6). The van der Waals surface area contributed by atoms with Crippen LogP contribution in [0.2, 0.25) is 0 Å². The van der Waals surface area contributed by atoms with Crippen molar-refractivity contribution in [2.45, 2.75) is 80.5 Å². The van der Waals surface area contributed by atoms with Crippen LogP contribution in [-0.4, -0.2) is 152 Å². The van der Waals surface area contributed by atoms with Gasteiger partial charge in [0.05, 0.1) is 10.9 Å². The molecule has 0 aliphatic carbocycles. The van der Waals surface area contributed by atoms with E-state index in [9.17, 15) is 62.3 Å². The quantitative estimate of drug-likeness (QED) is 0.0618. The number of hydrogen-bond donors (Lipinski definition) is 14. The van der Waals surface area contributed by atoms with Crippen LogP contribution in [0, 0.1) is 48.5 Å². The van der Waals surface area contributed by atoms with Crippen molar-refractivity contribution in [2.75, 3.05) is 13.6 Å². The van der Waals surface area contributed by atoms with Crippen molar-refractivity contribution >= 4 is 70.3 Å². The number of nitrogens with one attached hydrogen (secondary N) is 14. The lowest BCUT2D eigenvalue weighted by Gasteiger charge is -1.99. The van der Waals surface area contributed by atoms with Gasteiger partial charge < -0.3 is 34.3 Å². The number of tetrazole rings is 1. The molecule has 0 spiro atoms. The number of urea groups is 2. The molecule has 2 unspecified atom stereocenters. The number of hydrogen-bond acceptors (Lipinski definition) is 23. The van der Waals surface area contributed by atoms with Gasteiger partial charge in [-0.05, 0) is 69.2 Å². The highest BCUT2D eigenvalue weighted by atomic mass is 32.2. The Bertz CT molecular complexity index is 3050. The van der Waals surface area contributed by atoms with Gasteiger partial charge in [-0.15, -0.1) is 10.2 Å². The zero-order valence-electron chi connectivity index (χ0n) is 43.9. The SMILES string of the molecule is CC1=CC(=O)NC1=O.CC1NC(=O)NC1=O.CC1SC(=O)NC1=O.CN1CC(=O)NC1=O.Cc1c[nH]c(=O)[nH]1.Cc1cc(=O)[nH][nH]1.Cc1cc(=O)[nH]o1.Cc1cc(=O)o[nH]1.Cc1ncn[nH]1.Cc1nn[nH]n1.Cc1ns[nH]c1=O. The van der Waals surface area contributed by atoms with Gasteiger partial charge in [-0.25, -0.2) is 29.3 Å². The van der Waals surface area contributed by atoms with E-state index >= 15 is 0 Å². The number of imidazole rings is 1. The molecule has 10 amide bonds. The molecule has 0 bridgehead atoms. The molecule has 7 aromatic rings. The zero-order chi connectivity index (χ0) is 59.8. The summed E-state index contributed by atoms with van der Waals surface area (Å²) in [4.78, 5) is 144. The third-order valence-corrected chi connectivity index (χ3v) is 9.69. The topological polar surface area (TPSA) is 531 Å². The van der Waals surface area contributed by atoms with Crippen LogP contribution in [0.15, 0.2) is 75.4 Å². The van der Waals surface area contributed by atoms with Crippen LogP contribution >= 0.6 is 23.5 Å². The highest BCUT2D eigenvalue weighted by Gasteiger charge is 2.27. The second-order valence-electron chi connectivity index (χ2n) is 15.3. The van der Waals surface area contributed by atoms with Gasteiger partial charge in [-0.3, -0.25) is 79.0 Å². The smallest absolute Gasteiger partial charge is 0.357 e. The van der Waals surface area contributed by atoms with E-state index in [-0.39, 0.29) is 86.6 Å². The van der Waals surface area contributed by atoms with E-state index in [1.54, 1.807) is 61.7 Å². The Balaban J connectivity index is 0.000000435. The maximum Gasteiger partial charge on any atom is 0.357 e. The van der Waals surface area contributed by atoms with Crippen molar-refractivity contribution in [3.05, 3.63) is 135 Å². The van der Waals surface area contributed by atoms with Gasteiger partial charge >= 0.3 is 23.4 Å². The van der Waals surface area contributed by atoms with E-state index in [1.807, 2.05) is 20.8 Å². The van der Waals surface area contributed by atoms with Gasteiger partial charge in [0.2, 0.25) is 17.7 Å². The lowest BCUT2D eigenvalue weighted by molar-refractivity contribution is -0.124. The Morgan fingerprint density at radius 1 is 0.734 bits per heavy atom. The zero-order valence-corrected chi connectivity index (χ0v) is 45.5. The average molecular weight is 1150 g/mol. The van der Waals surface area contributed by atoms with Gasteiger partial charge in [0.15, 0.2) is 5.82 Å². The molecule has 38 heteroatoms. The molecule has 0 aromatic carbocycles. The number of amides is 10. The molecule has 7 aromatic heterocycles. The Hall–Kier alpha value is -10.1. The minimum atomic E-state index is -0.400. The van der Waals surface area contributed by atoms with Gasteiger partial charge in [0.25, 0.3) is 33.7 Å². The molecule has 0 radical (unpaired) electrons. The molecule has 2 atom stereocenters. The van der Waals surface area contributed by atoms with Gasteiger partial charge in [0, 0.05) is 66.2 Å². The number of aromatic nitrogens is 15. The molecular formula is C41H57N21O15S2. The maximum atomic E-state index is 10.4. The van der Waals surface area contributed by atoms with E-state index in [4.69, 9.17) is 0 Å². The van der Waals surface area contributed by atoms with Crippen LogP contribution < -0.4 is 54.6 Å². The summed E-state index contributed by atoms with van der Waals surface area (Å²) in [6, 6.07) is 3.21. The van der Waals surface area contributed by atoms with E-state index in [2.05, 4.69) is 111 Å². The minimum Gasteiger partial charge on any atom is -0.384 e. The summed E-state index contributed by atoms with van der Waals surface area (Å²) < 4.78 is 14.9. The first-order chi connectivity index (χ1) is 37.0. The number of imide groups is 4. The Morgan fingerprint density at radius 3 is 1.57 bits per heavy atom. The second kappa shape index (κ2) is 35.2. The fourth-order valence-corrected chi connectivity index (χ4v) is 5.48. The fraction of sp³-hybridized carbons (Fsp3) is 0.341. The minimum absolute atomic E-state index is 0.0718. The molecule has 4 aliphatic heterocycles. The lowest BCUT2D eigenvalue weighted by atomic mass is 10.3. The highest BCUT2D eigenvalue weighted by molar-refractivity contribution is 8.15. The molecule has 11 rings (SSSR count). The van der Waals surface area contributed by atoms with Crippen LogP contribution in [0.5, 0.6) is 0 Å². The van der Waals surface area contributed by atoms with Crippen LogP contribution in [0.1, 0.15) is 61.0 Å².